The molecule has 0 saturated carbocycles. The van der Waals surface area contributed by atoms with Gasteiger partial charge in [0, 0.05) is 11.3 Å². The van der Waals surface area contributed by atoms with Crippen LogP contribution in [-0.2, 0) is 22.4 Å². The molecule has 1 amide bonds. The Morgan fingerprint density at radius 1 is 1.21 bits per heavy atom. The molecular weight excluding hydrogens is 362 g/mol. The minimum absolute atomic E-state index is 0.203. The van der Waals surface area contributed by atoms with Crippen LogP contribution in [0.5, 0.6) is 5.75 Å². The molecule has 8 nitrogen and oxygen atoms in total. The predicted molar refractivity (Wildman–Crippen MR) is 106 cm³/mol. The number of carboxylic acids is 1. The number of anilines is 1. The molecule has 0 fully saturated rings. The number of aromatic nitrogens is 2. The molecule has 0 saturated heterocycles. The van der Waals surface area contributed by atoms with Gasteiger partial charge >= 0.3 is 5.97 Å². The summed E-state index contributed by atoms with van der Waals surface area (Å²) in [6, 6.07) is 4.91. The van der Waals surface area contributed by atoms with E-state index in [2.05, 4.69) is 15.3 Å². The zero-order valence-corrected chi connectivity index (χ0v) is 16.3. The molecule has 0 bridgehead atoms. The summed E-state index contributed by atoms with van der Waals surface area (Å²) < 4.78 is 5.77. The summed E-state index contributed by atoms with van der Waals surface area (Å²) in [7, 11) is 0. The van der Waals surface area contributed by atoms with Crippen LogP contribution in [0.1, 0.15) is 44.9 Å². The average molecular weight is 387 g/mol. The van der Waals surface area contributed by atoms with E-state index in [1.807, 2.05) is 20.8 Å². The maximum Gasteiger partial charge on any atom is 0.312 e. The van der Waals surface area contributed by atoms with Gasteiger partial charge in [-0.15, -0.1) is 0 Å². The topological polar surface area (TPSA) is 121 Å². The van der Waals surface area contributed by atoms with E-state index in [0.29, 0.717) is 53.5 Å². The number of rotatable bonds is 9. The van der Waals surface area contributed by atoms with Crippen molar-refractivity contribution in [3.63, 3.8) is 0 Å². The van der Waals surface area contributed by atoms with E-state index in [4.69, 9.17) is 9.84 Å². The van der Waals surface area contributed by atoms with Crippen LogP contribution in [0.3, 0.4) is 0 Å². The highest BCUT2D eigenvalue weighted by Gasteiger charge is 2.16. The van der Waals surface area contributed by atoms with Gasteiger partial charge in [-0.25, -0.2) is 4.98 Å². The molecule has 1 aromatic heterocycles. The molecule has 1 aromatic carbocycles. The summed E-state index contributed by atoms with van der Waals surface area (Å²) in [5, 5.41) is 11.3. The van der Waals surface area contributed by atoms with E-state index in [1.165, 1.54) is 0 Å². The van der Waals surface area contributed by atoms with Crippen molar-refractivity contribution in [3.8, 4) is 17.1 Å². The van der Waals surface area contributed by atoms with E-state index in [1.54, 1.807) is 18.2 Å². The number of hydrogen-bond acceptors (Lipinski definition) is 5. The van der Waals surface area contributed by atoms with Crippen LogP contribution in [0.2, 0.25) is 0 Å². The summed E-state index contributed by atoms with van der Waals surface area (Å²) in [6.07, 6.45) is 1.36. The lowest BCUT2D eigenvalue weighted by molar-refractivity contribution is -0.139. The average Bonchev–Trinajstić information content (AvgIpc) is 2.65. The summed E-state index contributed by atoms with van der Waals surface area (Å²) in [5.74, 6) is -0.987. The van der Waals surface area contributed by atoms with Gasteiger partial charge in [-0.2, -0.15) is 0 Å². The van der Waals surface area contributed by atoms with Crippen LogP contribution in [0.25, 0.3) is 11.4 Å². The van der Waals surface area contributed by atoms with Gasteiger partial charge in [0.2, 0.25) is 5.91 Å². The summed E-state index contributed by atoms with van der Waals surface area (Å²) in [6.45, 7) is 6.29. The molecule has 2 aromatic rings. The largest absolute Gasteiger partial charge is 0.493 e. The standard InChI is InChI=1S/C20H25N3O5/c1-4-9-28-16-8-7-12(21-17(24)11-18(25)26)10-14(16)19-22-15(6-3)13(5-2)20(27)23-19/h7-8,10H,4-6,9,11H2,1-3H3,(H,21,24)(H,25,26)(H,22,23,27). The van der Waals surface area contributed by atoms with Crippen molar-refractivity contribution in [2.75, 3.05) is 11.9 Å². The second-order valence-corrected chi connectivity index (χ2v) is 6.22. The van der Waals surface area contributed by atoms with E-state index in [9.17, 15) is 14.4 Å². The van der Waals surface area contributed by atoms with Crippen molar-refractivity contribution in [1.82, 2.24) is 9.97 Å². The molecule has 0 aliphatic rings. The minimum atomic E-state index is -1.21. The van der Waals surface area contributed by atoms with Gasteiger partial charge in [0.15, 0.2) is 0 Å². The molecule has 1 heterocycles. The number of benzene rings is 1. The molecule has 0 aliphatic carbocycles. The number of amides is 1. The maximum absolute atomic E-state index is 12.5. The van der Waals surface area contributed by atoms with Crippen LogP contribution in [0.15, 0.2) is 23.0 Å². The van der Waals surface area contributed by atoms with Gasteiger partial charge in [-0.05, 0) is 37.5 Å². The normalized spacial score (nSPS) is 10.5. The second-order valence-electron chi connectivity index (χ2n) is 6.22. The predicted octanol–water partition coefficient (Wildman–Crippen LogP) is 2.76. The fraction of sp³-hybridized carbons (Fsp3) is 0.400. The third kappa shape index (κ3) is 5.18. The third-order valence-corrected chi connectivity index (χ3v) is 4.08. The van der Waals surface area contributed by atoms with Gasteiger partial charge in [-0.3, -0.25) is 14.4 Å². The Balaban J connectivity index is 2.51. The Morgan fingerprint density at radius 2 is 1.96 bits per heavy atom. The van der Waals surface area contributed by atoms with E-state index in [-0.39, 0.29) is 5.56 Å². The lowest BCUT2D eigenvalue weighted by atomic mass is 10.1. The molecule has 0 spiro atoms. The highest BCUT2D eigenvalue weighted by Crippen LogP contribution is 2.31. The highest BCUT2D eigenvalue weighted by atomic mass is 16.5. The number of aromatic amines is 1. The van der Waals surface area contributed by atoms with E-state index >= 15 is 0 Å². The van der Waals surface area contributed by atoms with Crippen molar-refractivity contribution < 1.29 is 19.4 Å². The number of hydrogen-bond donors (Lipinski definition) is 3. The number of aliphatic carboxylic acids is 1. The van der Waals surface area contributed by atoms with Gasteiger partial charge in [0.1, 0.15) is 18.0 Å². The second kappa shape index (κ2) is 9.68. The number of ether oxygens (including phenoxy) is 1. The Labute approximate surface area is 163 Å². The summed E-state index contributed by atoms with van der Waals surface area (Å²) in [5.41, 5.74) is 2.07. The minimum Gasteiger partial charge on any atom is -0.493 e. The highest BCUT2D eigenvalue weighted by molar-refractivity contribution is 6.01. The van der Waals surface area contributed by atoms with Crippen molar-refractivity contribution in [3.05, 3.63) is 39.8 Å². The van der Waals surface area contributed by atoms with Crippen molar-refractivity contribution in [2.45, 2.75) is 46.5 Å². The zero-order chi connectivity index (χ0) is 20.7. The van der Waals surface area contributed by atoms with Gasteiger partial charge < -0.3 is 20.1 Å². The number of H-pyrrole nitrogens is 1. The molecule has 8 heteroatoms. The first-order valence-corrected chi connectivity index (χ1v) is 9.30. The first-order chi connectivity index (χ1) is 13.4. The number of nitrogens with zero attached hydrogens (tertiary/aromatic N) is 1. The molecule has 0 unspecified atom stereocenters. The van der Waals surface area contributed by atoms with Crippen LogP contribution >= 0.6 is 0 Å². The fourth-order valence-corrected chi connectivity index (χ4v) is 2.80. The van der Waals surface area contributed by atoms with Gasteiger partial charge in [0.05, 0.1) is 17.9 Å². The van der Waals surface area contributed by atoms with E-state index in [0.717, 1.165) is 6.42 Å². The Morgan fingerprint density at radius 3 is 2.57 bits per heavy atom. The van der Waals surface area contributed by atoms with Crippen molar-refractivity contribution in [2.24, 2.45) is 0 Å². The molecule has 0 aliphatic heterocycles. The number of aryl methyl sites for hydroxylation is 1. The van der Waals surface area contributed by atoms with Crippen LogP contribution in [0.4, 0.5) is 5.69 Å². The van der Waals surface area contributed by atoms with Crippen LogP contribution in [0, 0.1) is 0 Å². The first kappa shape index (κ1) is 21.1. The van der Waals surface area contributed by atoms with Gasteiger partial charge in [0.25, 0.3) is 5.56 Å². The third-order valence-electron chi connectivity index (χ3n) is 4.08. The number of carboxylic acid groups (broad SMARTS) is 1. The molecule has 28 heavy (non-hydrogen) atoms. The van der Waals surface area contributed by atoms with Gasteiger partial charge in [-0.1, -0.05) is 20.8 Å². The zero-order valence-electron chi connectivity index (χ0n) is 16.3. The Kier molecular flexibility index (Phi) is 7.31. The summed E-state index contributed by atoms with van der Waals surface area (Å²) >= 11 is 0. The fourth-order valence-electron chi connectivity index (χ4n) is 2.80. The Hall–Kier alpha value is -3.16. The maximum atomic E-state index is 12.5. The molecular formula is C20H25N3O5. The quantitative estimate of drug-likeness (QED) is 0.569. The molecule has 3 N–H and O–H groups in total. The SMILES string of the molecule is CCCOc1ccc(NC(=O)CC(=O)O)cc1-c1nc(CC)c(CC)c(=O)[nH]1. The van der Waals surface area contributed by atoms with Crippen LogP contribution < -0.4 is 15.6 Å². The number of carbonyl (C=O) groups is 2. The molecule has 150 valence electrons. The Bertz CT molecular complexity index is 921. The summed E-state index contributed by atoms with van der Waals surface area (Å²) in [4.78, 5) is 42.3. The lowest BCUT2D eigenvalue weighted by Crippen LogP contribution is -2.18. The molecule has 2 rings (SSSR count). The number of nitrogens with one attached hydrogen (secondary N) is 2. The van der Waals surface area contributed by atoms with Crippen LogP contribution in [-0.4, -0.2) is 33.6 Å². The first-order valence-electron chi connectivity index (χ1n) is 9.30. The van der Waals surface area contributed by atoms with E-state index < -0.39 is 18.3 Å². The van der Waals surface area contributed by atoms with Crippen molar-refractivity contribution >= 4 is 17.6 Å². The number of carbonyl (C=O) groups excluding carboxylic acids is 1. The lowest BCUT2D eigenvalue weighted by Gasteiger charge is -2.14. The monoisotopic (exact) mass is 387 g/mol. The smallest absolute Gasteiger partial charge is 0.312 e. The molecule has 0 radical (unpaired) electrons. The molecule has 0 atom stereocenters. The van der Waals surface area contributed by atoms with Crippen molar-refractivity contribution in [1.29, 1.82) is 0 Å².